The molecule has 6 nitrogen and oxygen atoms in total. The van der Waals surface area contributed by atoms with Crippen LogP contribution >= 0.6 is 0 Å². The number of hydrogen-bond acceptors (Lipinski definition) is 6. The zero-order valence-corrected chi connectivity index (χ0v) is 8.07. The van der Waals surface area contributed by atoms with E-state index in [0.717, 1.165) is 11.1 Å². The molecule has 0 atom stereocenters. The second-order valence-electron chi connectivity index (χ2n) is 2.50. The minimum Gasteiger partial charge on any atom is -0.276 e. The van der Waals surface area contributed by atoms with Gasteiger partial charge in [0.15, 0.2) is 0 Å². The average Bonchev–Trinajstić information content (AvgIpc) is 2.32. The van der Waals surface area contributed by atoms with E-state index in [1.165, 1.54) is 24.9 Å². The van der Waals surface area contributed by atoms with Crippen molar-refractivity contribution in [3.63, 3.8) is 0 Å². The molecule has 0 radical (unpaired) electrons. The molecule has 0 amide bonds. The normalized spacial score (nSPS) is 9.88. The molecular formula is C10H6N4O2. The largest absolute Gasteiger partial charge is 0.316 e. The third-order valence-electron chi connectivity index (χ3n) is 1.53. The zero-order chi connectivity index (χ0) is 11.6. The topological polar surface area (TPSA) is 90.8 Å². The van der Waals surface area contributed by atoms with Gasteiger partial charge in [-0.1, -0.05) is 34.6 Å². The Hall–Kier alpha value is -2.86. The second kappa shape index (κ2) is 6.57. The Morgan fingerprint density at radius 3 is 1.56 bits per heavy atom. The van der Waals surface area contributed by atoms with E-state index in [-0.39, 0.29) is 0 Å². The van der Waals surface area contributed by atoms with Gasteiger partial charge in [-0.2, -0.15) is 0 Å². The van der Waals surface area contributed by atoms with Crippen molar-refractivity contribution in [2.75, 3.05) is 0 Å². The molecule has 16 heavy (non-hydrogen) atoms. The fraction of sp³-hybridized carbons (Fsp3) is 0. The molecule has 0 bridgehead atoms. The molecule has 0 aliphatic heterocycles. The highest BCUT2D eigenvalue weighted by Crippen LogP contribution is 2.00. The van der Waals surface area contributed by atoms with Crippen molar-refractivity contribution in [3.05, 3.63) is 35.4 Å². The zero-order valence-electron chi connectivity index (χ0n) is 8.07. The van der Waals surface area contributed by atoms with Gasteiger partial charge in [-0.05, 0) is 11.1 Å². The highest BCUT2D eigenvalue weighted by Gasteiger charge is 1.90. The maximum absolute atomic E-state index is 8.07. The first-order valence-corrected chi connectivity index (χ1v) is 4.14. The van der Waals surface area contributed by atoms with Gasteiger partial charge in [0.25, 0.3) is 0 Å². The van der Waals surface area contributed by atoms with Crippen LogP contribution < -0.4 is 0 Å². The Morgan fingerprint density at radius 2 is 1.25 bits per heavy atom. The molecule has 1 rings (SSSR count). The van der Waals surface area contributed by atoms with Gasteiger partial charge in [0.05, 0.1) is 12.4 Å². The van der Waals surface area contributed by atoms with Crippen molar-refractivity contribution in [3.8, 4) is 12.5 Å². The van der Waals surface area contributed by atoms with Gasteiger partial charge >= 0.3 is 12.5 Å². The highest BCUT2D eigenvalue weighted by molar-refractivity contribution is 5.83. The lowest BCUT2D eigenvalue weighted by molar-refractivity contribution is 0.293. The molecular weight excluding hydrogens is 208 g/mol. The van der Waals surface area contributed by atoms with Crippen LogP contribution in [0.4, 0.5) is 0 Å². The number of oxime groups is 2. The summed E-state index contributed by atoms with van der Waals surface area (Å²) in [4.78, 5) is 8.28. The summed E-state index contributed by atoms with van der Waals surface area (Å²) in [6, 6.07) is 6.99. The summed E-state index contributed by atoms with van der Waals surface area (Å²) >= 11 is 0. The van der Waals surface area contributed by atoms with E-state index in [2.05, 4.69) is 20.0 Å². The minimum atomic E-state index is 0.772. The molecule has 1 aromatic rings. The summed E-state index contributed by atoms with van der Waals surface area (Å²) in [6.07, 6.45) is 5.63. The quantitative estimate of drug-likeness (QED) is 0.429. The van der Waals surface area contributed by atoms with E-state index >= 15 is 0 Å². The number of hydrogen-bond donors (Lipinski definition) is 0. The number of benzene rings is 1. The molecule has 0 saturated carbocycles. The van der Waals surface area contributed by atoms with Gasteiger partial charge in [-0.3, -0.25) is 9.68 Å². The molecule has 0 spiro atoms. The van der Waals surface area contributed by atoms with Gasteiger partial charge in [0.2, 0.25) is 0 Å². The van der Waals surface area contributed by atoms with Gasteiger partial charge in [0.1, 0.15) is 0 Å². The number of rotatable bonds is 4. The lowest BCUT2D eigenvalue weighted by Crippen LogP contribution is -1.85. The SMILES string of the molecule is N#CO/N=C/c1ccc(/C=N/OC#N)cc1. The number of nitrogens with zero attached hydrogens (tertiary/aromatic N) is 4. The molecule has 0 aliphatic rings. The molecule has 0 saturated heterocycles. The monoisotopic (exact) mass is 214 g/mol. The summed E-state index contributed by atoms with van der Waals surface area (Å²) in [6.45, 7) is 0. The van der Waals surface area contributed by atoms with Crippen LogP contribution in [0.1, 0.15) is 11.1 Å². The van der Waals surface area contributed by atoms with Gasteiger partial charge in [0, 0.05) is 0 Å². The van der Waals surface area contributed by atoms with Crippen molar-refractivity contribution in [1.82, 2.24) is 0 Å². The Labute approximate surface area is 91.6 Å². The van der Waals surface area contributed by atoms with Crippen LogP contribution in [0.2, 0.25) is 0 Å². The lowest BCUT2D eigenvalue weighted by Gasteiger charge is -1.93. The third kappa shape index (κ3) is 3.90. The Balaban J connectivity index is 2.62. The van der Waals surface area contributed by atoms with Crippen molar-refractivity contribution >= 4 is 12.4 Å². The standard InChI is InChI=1S/C10H6N4O2/c11-7-15-13-5-9-1-2-10(4-3-9)6-14-16-8-12/h1-6H/b13-5+,14-6+. The Morgan fingerprint density at radius 1 is 0.875 bits per heavy atom. The van der Waals surface area contributed by atoms with Gasteiger partial charge in [-0.25, -0.2) is 0 Å². The molecule has 6 heteroatoms. The van der Waals surface area contributed by atoms with Crippen molar-refractivity contribution < 1.29 is 9.68 Å². The van der Waals surface area contributed by atoms with E-state index in [1.807, 2.05) is 0 Å². The molecule has 0 N–H and O–H groups in total. The Kier molecular flexibility index (Phi) is 4.61. The summed E-state index contributed by atoms with van der Waals surface area (Å²) in [7, 11) is 0. The summed E-state index contributed by atoms with van der Waals surface area (Å²) in [5.41, 5.74) is 1.54. The van der Waals surface area contributed by atoms with Crippen LogP contribution in [0.15, 0.2) is 34.6 Å². The maximum atomic E-state index is 8.07. The average molecular weight is 214 g/mol. The molecule has 78 valence electrons. The van der Waals surface area contributed by atoms with Crippen molar-refractivity contribution in [2.45, 2.75) is 0 Å². The molecule has 0 aliphatic carbocycles. The first-order chi connectivity index (χ1) is 7.86. The fourth-order valence-corrected chi connectivity index (χ4v) is 0.890. The third-order valence-corrected chi connectivity index (χ3v) is 1.53. The summed E-state index contributed by atoms with van der Waals surface area (Å²) < 4.78 is 0. The molecule has 1 aromatic carbocycles. The molecule has 0 fully saturated rings. The highest BCUT2D eigenvalue weighted by atomic mass is 16.6. The van der Waals surface area contributed by atoms with E-state index in [9.17, 15) is 0 Å². The van der Waals surface area contributed by atoms with E-state index < -0.39 is 0 Å². The van der Waals surface area contributed by atoms with Crippen LogP contribution in [0.3, 0.4) is 0 Å². The summed E-state index contributed by atoms with van der Waals surface area (Å²) in [5.74, 6) is 0. The lowest BCUT2D eigenvalue weighted by atomic mass is 10.2. The van der Waals surface area contributed by atoms with Crippen molar-refractivity contribution in [2.24, 2.45) is 10.3 Å². The molecule has 0 aromatic heterocycles. The first-order valence-electron chi connectivity index (χ1n) is 4.14. The van der Waals surface area contributed by atoms with Crippen molar-refractivity contribution in [1.29, 1.82) is 10.5 Å². The molecule has 0 unspecified atom stereocenters. The fourth-order valence-electron chi connectivity index (χ4n) is 0.890. The van der Waals surface area contributed by atoms with Crippen LogP contribution in [0.25, 0.3) is 0 Å². The minimum absolute atomic E-state index is 0.772. The van der Waals surface area contributed by atoms with Crippen LogP contribution in [-0.4, -0.2) is 12.4 Å². The Bertz CT molecular complexity index is 420. The van der Waals surface area contributed by atoms with Gasteiger partial charge < -0.3 is 0 Å². The van der Waals surface area contributed by atoms with Gasteiger partial charge in [-0.15, -0.1) is 10.5 Å². The predicted molar refractivity (Wildman–Crippen MR) is 55.0 cm³/mol. The van der Waals surface area contributed by atoms with E-state index in [0.29, 0.717) is 0 Å². The smallest absolute Gasteiger partial charge is 0.276 e. The van der Waals surface area contributed by atoms with Crippen LogP contribution in [-0.2, 0) is 9.68 Å². The van der Waals surface area contributed by atoms with E-state index in [4.69, 9.17) is 10.5 Å². The van der Waals surface area contributed by atoms with Crippen LogP contribution in [0.5, 0.6) is 0 Å². The van der Waals surface area contributed by atoms with Crippen LogP contribution in [0, 0.1) is 23.0 Å². The molecule has 0 heterocycles. The van der Waals surface area contributed by atoms with E-state index in [1.54, 1.807) is 24.3 Å². The number of nitriles is 2. The second-order valence-corrected chi connectivity index (χ2v) is 2.50. The maximum Gasteiger partial charge on any atom is 0.316 e. The first kappa shape index (κ1) is 11.2. The summed E-state index contributed by atoms with van der Waals surface area (Å²) in [5, 5.41) is 22.9. The predicted octanol–water partition coefficient (Wildman–Crippen LogP) is 1.35.